The average molecular weight is 259 g/mol. The Morgan fingerprint density at radius 3 is 2.76 bits per heavy atom. The van der Waals surface area contributed by atoms with Gasteiger partial charge in [-0.1, -0.05) is 6.07 Å². The molecule has 0 aliphatic carbocycles. The standard InChI is InChI=1S/C10H17N3O3S/c1-3-16-10-6-4-5-9(13-10)11-7-8-12-17(2,14)15/h4-6,12H,3,7-8H2,1-2H3,(H,11,13). The van der Waals surface area contributed by atoms with Crippen molar-refractivity contribution in [2.75, 3.05) is 31.3 Å². The molecule has 0 radical (unpaired) electrons. The first-order chi connectivity index (χ1) is 8.01. The number of hydrogen-bond donors (Lipinski definition) is 2. The fourth-order valence-electron chi connectivity index (χ4n) is 1.17. The van der Waals surface area contributed by atoms with Gasteiger partial charge in [-0.2, -0.15) is 4.98 Å². The van der Waals surface area contributed by atoms with E-state index in [1.165, 1.54) is 0 Å². The molecule has 0 aliphatic rings. The van der Waals surface area contributed by atoms with Crippen molar-refractivity contribution in [2.45, 2.75) is 6.92 Å². The Labute approximate surface area is 101 Å². The van der Waals surface area contributed by atoms with Crippen molar-refractivity contribution in [3.05, 3.63) is 18.2 Å². The van der Waals surface area contributed by atoms with Gasteiger partial charge in [0.25, 0.3) is 0 Å². The van der Waals surface area contributed by atoms with Crippen molar-refractivity contribution >= 4 is 15.8 Å². The lowest BCUT2D eigenvalue weighted by atomic mass is 10.4. The highest BCUT2D eigenvalue weighted by atomic mass is 32.2. The van der Waals surface area contributed by atoms with Gasteiger partial charge in [-0.05, 0) is 13.0 Å². The molecule has 7 heteroatoms. The number of ether oxygens (including phenoxy) is 1. The second-order valence-electron chi connectivity index (χ2n) is 3.39. The van der Waals surface area contributed by atoms with E-state index in [2.05, 4.69) is 15.0 Å². The van der Waals surface area contributed by atoms with Crippen molar-refractivity contribution in [1.82, 2.24) is 9.71 Å². The first-order valence-corrected chi connectivity index (χ1v) is 7.19. The molecular weight excluding hydrogens is 242 g/mol. The molecule has 1 aromatic rings. The normalized spacial score (nSPS) is 11.2. The topological polar surface area (TPSA) is 80.3 Å². The van der Waals surface area contributed by atoms with Crippen molar-refractivity contribution in [2.24, 2.45) is 0 Å². The molecule has 1 rings (SSSR count). The molecule has 2 N–H and O–H groups in total. The molecule has 0 bridgehead atoms. The summed E-state index contributed by atoms with van der Waals surface area (Å²) in [7, 11) is -3.13. The molecule has 0 atom stereocenters. The maximum Gasteiger partial charge on any atom is 0.215 e. The zero-order valence-electron chi connectivity index (χ0n) is 9.93. The quantitative estimate of drug-likeness (QED) is 0.695. The molecule has 0 aromatic carbocycles. The minimum absolute atomic E-state index is 0.319. The Bertz CT molecular complexity index is 448. The third kappa shape index (κ3) is 6.08. The number of anilines is 1. The molecule has 0 spiro atoms. The lowest BCUT2D eigenvalue weighted by Crippen LogP contribution is -2.27. The van der Waals surface area contributed by atoms with E-state index in [4.69, 9.17) is 4.74 Å². The molecule has 96 valence electrons. The SMILES string of the molecule is CCOc1cccc(NCCNS(C)(=O)=O)n1. The lowest BCUT2D eigenvalue weighted by Gasteiger charge is -2.07. The first-order valence-electron chi connectivity index (χ1n) is 5.29. The highest BCUT2D eigenvalue weighted by Gasteiger charge is 2.00. The molecule has 1 heterocycles. The van der Waals surface area contributed by atoms with Crippen LogP contribution in [0.2, 0.25) is 0 Å². The Morgan fingerprint density at radius 1 is 1.35 bits per heavy atom. The smallest absolute Gasteiger partial charge is 0.215 e. The van der Waals surface area contributed by atoms with Crippen molar-refractivity contribution in [1.29, 1.82) is 0 Å². The van der Waals surface area contributed by atoms with Gasteiger partial charge in [0.05, 0.1) is 12.9 Å². The van der Waals surface area contributed by atoms with Crippen molar-refractivity contribution < 1.29 is 13.2 Å². The van der Waals surface area contributed by atoms with Gasteiger partial charge in [-0.3, -0.25) is 0 Å². The van der Waals surface area contributed by atoms with Crippen LogP contribution in [0.3, 0.4) is 0 Å². The van der Waals surface area contributed by atoms with Gasteiger partial charge in [0.2, 0.25) is 15.9 Å². The molecule has 0 saturated carbocycles. The highest BCUT2D eigenvalue weighted by Crippen LogP contribution is 2.10. The van der Waals surface area contributed by atoms with Crippen LogP contribution in [0.1, 0.15) is 6.92 Å². The van der Waals surface area contributed by atoms with Crippen LogP contribution in [0.25, 0.3) is 0 Å². The minimum Gasteiger partial charge on any atom is -0.478 e. The molecule has 0 fully saturated rings. The molecule has 0 saturated heterocycles. The molecule has 0 aliphatic heterocycles. The number of aromatic nitrogens is 1. The second kappa shape index (κ2) is 6.41. The van der Waals surface area contributed by atoms with E-state index in [9.17, 15) is 8.42 Å². The summed E-state index contributed by atoms with van der Waals surface area (Å²) < 4.78 is 29.2. The summed E-state index contributed by atoms with van der Waals surface area (Å²) in [5, 5.41) is 3.00. The van der Waals surface area contributed by atoms with Gasteiger partial charge in [0.15, 0.2) is 0 Å². The Hall–Kier alpha value is -1.34. The van der Waals surface area contributed by atoms with Crippen LogP contribution in [-0.2, 0) is 10.0 Å². The predicted octanol–water partition coefficient (Wildman–Crippen LogP) is 0.441. The summed E-state index contributed by atoms with van der Waals surface area (Å²) in [4.78, 5) is 4.19. The van der Waals surface area contributed by atoms with Crippen LogP contribution < -0.4 is 14.8 Å². The second-order valence-corrected chi connectivity index (χ2v) is 5.22. The zero-order chi connectivity index (χ0) is 12.7. The minimum atomic E-state index is -3.13. The van der Waals surface area contributed by atoms with Gasteiger partial charge >= 0.3 is 0 Å². The Balaban J connectivity index is 2.38. The third-order valence-corrected chi connectivity index (χ3v) is 2.54. The van der Waals surface area contributed by atoms with Gasteiger partial charge in [-0.25, -0.2) is 13.1 Å². The number of nitrogens with one attached hydrogen (secondary N) is 2. The molecule has 0 amide bonds. The molecule has 0 unspecified atom stereocenters. The van der Waals surface area contributed by atoms with Crippen LogP contribution >= 0.6 is 0 Å². The fraction of sp³-hybridized carbons (Fsp3) is 0.500. The van der Waals surface area contributed by atoms with Gasteiger partial charge in [-0.15, -0.1) is 0 Å². The Kier molecular flexibility index (Phi) is 5.17. The number of hydrogen-bond acceptors (Lipinski definition) is 5. The maximum absolute atomic E-state index is 10.8. The summed E-state index contributed by atoms with van der Waals surface area (Å²) in [6, 6.07) is 5.39. The zero-order valence-corrected chi connectivity index (χ0v) is 10.8. The number of sulfonamides is 1. The molecular formula is C10H17N3O3S. The van der Waals surface area contributed by atoms with Crippen LogP contribution in [0, 0.1) is 0 Å². The molecule has 1 aromatic heterocycles. The predicted molar refractivity (Wildman–Crippen MR) is 66.7 cm³/mol. The monoisotopic (exact) mass is 259 g/mol. The maximum atomic E-state index is 10.8. The van der Waals surface area contributed by atoms with E-state index < -0.39 is 10.0 Å². The van der Waals surface area contributed by atoms with Crippen LogP contribution in [0.15, 0.2) is 18.2 Å². The third-order valence-electron chi connectivity index (χ3n) is 1.81. The Morgan fingerprint density at radius 2 is 2.12 bits per heavy atom. The number of nitrogens with zero attached hydrogens (tertiary/aromatic N) is 1. The van der Waals surface area contributed by atoms with Gasteiger partial charge in [0.1, 0.15) is 5.82 Å². The molecule has 6 nitrogen and oxygen atoms in total. The van der Waals surface area contributed by atoms with E-state index in [1.807, 2.05) is 13.0 Å². The summed E-state index contributed by atoms with van der Waals surface area (Å²) >= 11 is 0. The highest BCUT2D eigenvalue weighted by molar-refractivity contribution is 7.88. The fourth-order valence-corrected chi connectivity index (χ4v) is 1.64. The van der Waals surface area contributed by atoms with Gasteiger partial charge < -0.3 is 10.1 Å². The summed E-state index contributed by atoms with van der Waals surface area (Å²) in [6.45, 7) is 3.24. The van der Waals surface area contributed by atoms with E-state index in [0.29, 0.717) is 31.4 Å². The van der Waals surface area contributed by atoms with Crippen molar-refractivity contribution in [3.63, 3.8) is 0 Å². The summed E-state index contributed by atoms with van der Waals surface area (Å²) in [5.41, 5.74) is 0. The summed E-state index contributed by atoms with van der Waals surface area (Å²) in [5.74, 6) is 1.21. The van der Waals surface area contributed by atoms with Crippen LogP contribution in [0.4, 0.5) is 5.82 Å². The molecule has 17 heavy (non-hydrogen) atoms. The largest absolute Gasteiger partial charge is 0.478 e. The number of pyridine rings is 1. The van der Waals surface area contributed by atoms with E-state index in [1.54, 1.807) is 12.1 Å². The van der Waals surface area contributed by atoms with Crippen LogP contribution in [0.5, 0.6) is 5.88 Å². The number of rotatable bonds is 7. The summed E-state index contributed by atoms with van der Waals surface area (Å²) in [6.07, 6.45) is 1.13. The van der Waals surface area contributed by atoms with E-state index in [0.717, 1.165) is 6.26 Å². The lowest BCUT2D eigenvalue weighted by molar-refractivity contribution is 0.327. The van der Waals surface area contributed by atoms with Crippen LogP contribution in [-0.4, -0.2) is 39.4 Å². The van der Waals surface area contributed by atoms with E-state index >= 15 is 0 Å². The van der Waals surface area contributed by atoms with Gasteiger partial charge in [0, 0.05) is 19.2 Å². The van der Waals surface area contributed by atoms with E-state index in [-0.39, 0.29) is 0 Å². The van der Waals surface area contributed by atoms with Crippen molar-refractivity contribution in [3.8, 4) is 5.88 Å². The first kappa shape index (κ1) is 13.7. The average Bonchev–Trinajstić information content (AvgIpc) is 2.24.